The fourth-order valence-electron chi connectivity index (χ4n) is 1.83. The van der Waals surface area contributed by atoms with Crippen LogP contribution in [0.5, 0.6) is 5.75 Å². The van der Waals surface area contributed by atoms with Crippen molar-refractivity contribution in [2.24, 2.45) is 5.16 Å². The fraction of sp³-hybridized carbons (Fsp3) is 0.118. The normalized spacial score (nSPS) is 10.5. The smallest absolute Gasteiger partial charge is 0.269 e. The zero-order valence-corrected chi connectivity index (χ0v) is 14.3. The van der Waals surface area contributed by atoms with E-state index in [1.165, 1.54) is 12.1 Å². The van der Waals surface area contributed by atoms with Gasteiger partial charge in [0, 0.05) is 12.1 Å². The van der Waals surface area contributed by atoms with Crippen molar-refractivity contribution in [2.45, 2.75) is 6.61 Å². The maximum absolute atomic E-state index is 10.7. The van der Waals surface area contributed by atoms with Crippen molar-refractivity contribution in [3.8, 4) is 5.75 Å². The Labute approximate surface area is 147 Å². The molecule has 0 heterocycles. The quantitative estimate of drug-likeness (QED) is 0.288. The number of oxime groups is 1. The lowest BCUT2D eigenvalue weighted by molar-refractivity contribution is -0.384. The van der Waals surface area contributed by atoms with Gasteiger partial charge in [0.05, 0.1) is 15.6 Å². The number of ether oxygens (including phenoxy) is 1. The minimum absolute atomic E-state index is 0.0270. The molecule has 0 aliphatic heterocycles. The second-order valence-corrected chi connectivity index (χ2v) is 5.58. The van der Waals surface area contributed by atoms with Crippen molar-refractivity contribution >= 4 is 27.8 Å². The first-order valence-corrected chi connectivity index (χ1v) is 7.81. The predicted octanol–water partition coefficient (Wildman–Crippen LogP) is 4.47. The van der Waals surface area contributed by atoms with Gasteiger partial charge in [0.15, 0.2) is 0 Å². The topological polar surface area (TPSA) is 74.0 Å². The molecule has 7 heteroatoms. The number of nitro benzene ring substituents is 1. The van der Waals surface area contributed by atoms with Gasteiger partial charge in [-0.1, -0.05) is 29.9 Å². The lowest BCUT2D eigenvalue weighted by atomic mass is 10.2. The van der Waals surface area contributed by atoms with Crippen LogP contribution in [-0.2, 0) is 11.4 Å². The van der Waals surface area contributed by atoms with E-state index >= 15 is 0 Å². The van der Waals surface area contributed by atoms with E-state index in [1.54, 1.807) is 24.4 Å². The van der Waals surface area contributed by atoms with E-state index in [-0.39, 0.29) is 12.3 Å². The van der Waals surface area contributed by atoms with Gasteiger partial charge in [0.1, 0.15) is 19.0 Å². The molecule has 0 spiro atoms. The lowest BCUT2D eigenvalue weighted by Crippen LogP contribution is -1.94. The van der Waals surface area contributed by atoms with Gasteiger partial charge in [0.25, 0.3) is 5.69 Å². The van der Waals surface area contributed by atoms with Crippen molar-refractivity contribution in [1.29, 1.82) is 0 Å². The molecule has 0 radical (unpaired) electrons. The molecule has 24 heavy (non-hydrogen) atoms. The molecule has 6 nitrogen and oxygen atoms in total. The molecular formula is C17H15BrN2O4. The number of benzene rings is 2. The average Bonchev–Trinajstić information content (AvgIpc) is 2.58. The summed E-state index contributed by atoms with van der Waals surface area (Å²) >= 11 is 3.42. The molecule has 0 saturated heterocycles. The molecule has 2 aromatic carbocycles. The monoisotopic (exact) mass is 390 g/mol. The number of non-ortho nitro benzene ring substituents is 1. The molecule has 0 saturated carbocycles. The Bertz CT molecular complexity index is 762. The lowest BCUT2D eigenvalue weighted by Gasteiger charge is -2.06. The molecule has 124 valence electrons. The first kappa shape index (κ1) is 17.7. The summed E-state index contributed by atoms with van der Waals surface area (Å²) in [6.07, 6.45) is 3.23. The van der Waals surface area contributed by atoms with Crippen LogP contribution in [0.2, 0.25) is 0 Å². The molecule has 0 bridgehead atoms. The zero-order valence-electron chi connectivity index (χ0n) is 12.7. The fourth-order valence-corrected chi connectivity index (χ4v) is 2.34. The summed E-state index contributed by atoms with van der Waals surface area (Å²) in [5.41, 5.74) is 1.53. The zero-order chi connectivity index (χ0) is 17.4. The number of hydrogen-bond donors (Lipinski definition) is 0. The van der Waals surface area contributed by atoms with Gasteiger partial charge in [0.2, 0.25) is 0 Å². The Kier molecular flexibility index (Phi) is 6.51. The average molecular weight is 391 g/mol. The van der Waals surface area contributed by atoms with Gasteiger partial charge >= 0.3 is 0 Å². The Hall–Kier alpha value is -2.67. The third-order valence-electron chi connectivity index (χ3n) is 2.94. The molecule has 0 aliphatic carbocycles. The van der Waals surface area contributed by atoms with E-state index < -0.39 is 4.92 Å². The molecule has 0 aliphatic rings. The van der Waals surface area contributed by atoms with Gasteiger partial charge < -0.3 is 9.57 Å². The predicted molar refractivity (Wildman–Crippen MR) is 95.3 cm³/mol. The van der Waals surface area contributed by atoms with Crippen LogP contribution in [-0.4, -0.2) is 17.7 Å². The molecule has 0 aromatic heterocycles. The first-order valence-electron chi connectivity index (χ1n) is 7.02. The Balaban J connectivity index is 1.92. The summed E-state index contributed by atoms with van der Waals surface area (Å²) in [6, 6.07) is 11.7. The maximum Gasteiger partial charge on any atom is 0.269 e. The number of nitrogens with zero attached hydrogens (tertiary/aromatic N) is 2. The van der Waals surface area contributed by atoms with E-state index in [2.05, 4.69) is 27.7 Å². The highest BCUT2D eigenvalue weighted by Gasteiger charge is 2.05. The van der Waals surface area contributed by atoms with Gasteiger partial charge in [-0.05, 0) is 45.3 Å². The van der Waals surface area contributed by atoms with Gasteiger partial charge in [-0.15, -0.1) is 0 Å². The summed E-state index contributed by atoms with van der Waals surface area (Å²) in [7, 11) is 0. The number of hydrogen-bond acceptors (Lipinski definition) is 5. The first-order chi connectivity index (χ1) is 11.6. The van der Waals surface area contributed by atoms with E-state index in [0.717, 1.165) is 10.0 Å². The maximum atomic E-state index is 10.7. The number of halogens is 1. The molecular weight excluding hydrogens is 376 g/mol. The van der Waals surface area contributed by atoms with Gasteiger partial charge in [-0.25, -0.2) is 0 Å². The van der Waals surface area contributed by atoms with E-state index in [4.69, 9.17) is 9.57 Å². The molecule has 0 fully saturated rings. The van der Waals surface area contributed by atoms with Crippen molar-refractivity contribution in [3.63, 3.8) is 0 Å². The van der Waals surface area contributed by atoms with Crippen LogP contribution >= 0.6 is 15.9 Å². The summed E-state index contributed by atoms with van der Waals surface area (Å²) < 4.78 is 6.26. The van der Waals surface area contributed by atoms with Crippen LogP contribution in [0.25, 0.3) is 0 Å². The van der Waals surface area contributed by atoms with Crippen LogP contribution in [0.1, 0.15) is 11.1 Å². The second kappa shape index (κ2) is 8.83. The number of nitro groups is 1. The van der Waals surface area contributed by atoms with Crippen LogP contribution in [0.3, 0.4) is 0 Å². The van der Waals surface area contributed by atoms with Crippen molar-refractivity contribution < 1.29 is 14.5 Å². The molecule has 0 amide bonds. The van der Waals surface area contributed by atoms with Crippen LogP contribution in [0, 0.1) is 10.1 Å². The Morgan fingerprint density at radius 1 is 1.29 bits per heavy atom. The minimum atomic E-state index is -0.444. The van der Waals surface area contributed by atoms with Crippen molar-refractivity contribution in [2.75, 3.05) is 6.61 Å². The SMILES string of the molecule is C=CCOc1ccc(/C=N\OCc2cccc([N+](=O)[O-])c2)cc1Br. The molecule has 2 aromatic rings. The van der Waals surface area contributed by atoms with E-state index in [9.17, 15) is 10.1 Å². The summed E-state index contributed by atoms with van der Waals surface area (Å²) in [6.45, 7) is 4.18. The van der Waals surface area contributed by atoms with Crippen LogP contribution in [0.15, 0.2) is 64.7 Å². The van der Waals surface area contributed by atoms with Crippen molar-refractivity contribution in [3.05, 3.63) is 80.8 Å². The summed E-state index contributed by atoms with van der Waals surface area (Å²) in [5.74, 6) is 0.713. The standard InChI is InChI=1S/C17H15BrN2O4/c1-2-8-23-17-7-6-13(10-16(17)18)11-19-24-12-14-4-3-5-15(9-14)20(21)22/h2-7,9-11H,1,8,12H2/b19-11-. The second-order valence-electron chi connectivity index (χ2n) is 4.72. The molecule has 0 atom stereocenters. The Morgan fingerprint density at radius 2 is 2.12 bits per heavy atom. The third kappa shape index (κ3) is 5.20. The molecule has 0 unspecified atom stereocenters. The van der Waals surface area contributed by atoms with Gasteiger partial charge in [-0.3, -0.25) is 10.1 Å². The minimum Gasteiger partial charge on any atom is -0.488 e. The van der Waals surface area contributed by atoms with Crippen LogP contribution in [0.4, 0.5) is 5.69 Å². The highest BCUT2D eigenvalue weighted by atomic mass is 79.9. The highest BCUT2D eigenvalue weighted by Crippen LogP contribution is 2.25. The molecule has 2 rings (SSSR count). The number of rotatable bonds is 8. The van der Waals surface area contributed by atoms with Gasteiger partial charge in [-0.2, -0.15) is 0 Å². The molecule has 0 N–H and O–H groups in total. The van der Waals surface area contributed by atoms with Crippen LogP contribution < -0.4 is 4.74 Å². The van der Waals surface area contributed by atoms with E-state index in [1.807, 2.05) is 18.2 Å². The van der Waals surface area contributed by atoms with Crippen molar-refractivity contribution in [1.82, 2.24) is 0 Å². The largest absolute Gasteiger partial charge is 0.488 e. The summed E-state index contributed by atoms with van der Waals surface area (Å²) in [5, 5.41) is 14.6. The summed E-state index contributed by atoms with van der Waals surface area (Å²) in [4.78, 5) is 15.4. The van der Waals surface area contributed by atoms with E-state index in [0.29, 0.717) is 17.9 Å². The Morgan fingerprint density at radius 3 is 2.83 bits per heavy atom. The third-order valence-corrected chi connectivity index (χ3v) is 3.56. The highest BCUT2D eigenvalue weighted by molar-refractivity contribution is 9.10.